The molecule has 0 aliphatic carbocycles. The lowest BCUT2D eigenvalue weighted by atomic mass is 10.2. The Labute approximate surface area is 122 Å². The fourth-order valence-corrected chi connectivity index (χ4v) is 3.07. The molecular formula is C14H19BrN2O2. The molecule has 2 heterocycles. The van der Waals surface area contributed by atoms with Crippen molar-refractivity contribution in [3.05, 3.63) is 34.3 Å². The fraction of sp³-hybridized carbons (Fsp3) is 0.571. The third-order valence-electron chi connectivity index (χ3n) is 3.71. The van der Waals surface area contributed by atoms with E-state index in [1.54, 1.807) is 0 Å². The van der Waals surface area contributed by atoms with Crippen LogP contribution >= 0.6 is 15.9 Å². The maximum atomic E-state index is 5.90. The van der Waals surface area contributed by atoms with E-state index in [0.29, 0.717) is 6.04 Å². The smallest absolute Gasteiger partial charge is 0.185 e. The predicted octanol–water partition coefficient (Wildman–Crippen LogP) is 1.77. The Hall–Kier alpha value is -0.460. The number of piperazine rings is 1. The Kier molecular flexibility index (Phi) is 4.50. The maximum absolute atomic E-state index is 5.90. The molecule has 0 spiro atoms. The zero-order valence-corrected chi connectivity index (χ0v) is 12.4. The van der Waals surface area contributed by atoms with Gasteiger partial charge in [-0.1, -0.05) is 34.1 Å². The van der Waals surface area contributed by atoms with Crippen LogP contribution in [0.25, 0.3) is 0 Å². The van der Waals surface area contributed by atoms with Crippen molar-refractivity contribution in [2.45, 2.75) is 12.3 Å². The Bertz CT molecular complexity index is 416. The molecule has 2 aliphatic heterocycles. The summed E-state index contributed by atoms with van der Waals surface area (Å²) >= 11 is 3.54. The molecule has 3 rings (SSSR count). The average molecular weight is 327 g/mol. The zero-order chi connectivity index (χ0) is 13.1. The summed E-state index contributed by atoms with van der Waals surface area (Å²) in [6, 6.07) is 8.46. The molecule has 19 heavy (non-hydrogen) atoms. The third-order valence-corrected chi connectivity index (χ3v) is 4.43. The SMILES string of the molecule is Brc1ccccc1C1OCC(N2CCNCC2)CO1. The van der Waals surface area contributed by atoms with Crippen LogP contribution in [0, 0.1) is 0 Å². The molecule has 0 atom stereocenters. The van der Waals surface area contributed by atoms with Gasteiger partial charge < -0.3 is 14.8 Å². The van der Waals surface area contributed by atoms with Gasteiger partial charge in [-0.2, -0.15) is 0 Å². The van der Waals surface area contributed by atoms with Crippen LogP contribution in [0.5, 0.6) is 0 Å². The van der Waals surface area contributed by atoms with Crippen molar-refractivity contribution in [1.82, 2.24) is 10.2 Å². The van der Waals surface area contributed by atoms with Gasteiger partial charge in [0, 0.05) is 36.2 Å². The Morgan fingerprint density at radius 3 is 2.47 bits per heavy atom. The van der Waals surface area contributed by atoms with Gasteiger partial charge >= 0.3 is 0 Å². The van der Waals surface area contributed by atoms with Crippen molar-refractivity contribution < 1.29 is 9.47 Å². The van der Waals surface area contributed by atoms with Crippen LogP contribution in [-0.4, -0.2) is 50.3 Å². The Morgan fingerprint density at radius 2 is 1.79 bits per heavy atom. The van der Waals surface area contributed by atoms with Crippen LogP contribution in [0.2, 0.25) is 0 Å². The molecule has 0 bridgehead atoms. The molecule has 104 valence electrons. The molecule has 0 amide bonds. The number of hydrogen-bond acceptors (Lipinski definition) is 4. The molecule has 0 aromatic heterocycles. The van der Waals surface area contributed by atoms with E-state index in [9.17, 15) is 0 Å². The first kappa shape index (κ1) is 13.5. The second-order valence-corrected chi connectivity index (χ2v) is 5.81. The lowest BCUT2D eigenvalue weighted by Gasteiger charge is -2.39. The summed E-state index contributed by atoms with van der Waals surface area (Å²) in [5, 5.41) is 3.37. The van der Waals surface area contributed by atoms with Crippen LogP contribution in [0.15, 0.2) is 28.7 Å². The van der Waals surface area contributed by atoms with Crippen molar-refractivity contribution in [3.8, 4) is 0 Å². The number of ether oxygens (including phenoxy) is 2. The minimum atomic E-state index is -0.241. The highest BCUT2D eigenvalue weighted by molar-refractivity contribution is 9.10. The van der Waals surface area contributed by atoms with E-state index < -0.39 is 0 Å². The quantitative estimate of drug-likeness (QED) is 0.898. The van der Waals surface area contributed by atoms with Gasteiger partial charge in [0.05, 0.1) is 19.3 Å². The number of rotatable bonds is 2. The molecule has 2 fully saturated rings. The zero-order valence-electron chi connectivity index (χ0n) is 10.8. The van der Waals surface area contributed by atoms with E-state index in [-0.39, 0.29) is 6.29 Å². The van der Waals surface area contributed by atoms with Crippen LogP contribution in [-0.2, 0) is 9.47 Å². The van der Waals surface area contributed by atoms with Crippen molar-refractivity contribution in [2.75, 3.05) is 39.4 Å². The molecule has 0 saturated carbocycles. The lowest BCUT2D eigenvalue weighted by Crippen LogP contribution is -2.53. The van der Waals surface area contributed by atoms with E-state index in [1.807, 2.05) is 24.3 Å². The fourth-order valence-electron chi connectivity index (χ4n) is 2.60. The van der Waals surface area contributed by atoms with Gasteiger partial charge in [0.1, 0.15) is 0 Å². The van der Waals surface area contributed by atoms with Gasteiger partial charge in [0.2, 0.25) is 0 Å². The predicted molar refractivity (Wildman–Crippen MR) is 77.0 cm³/mol. The van der Waals surface area contributed by atoms with E-state index in [0.717, 1.165) is 49.4 Å². The lowest BCUT2D eigenvalue weighted by molar-refractivity contribution is -0.210. The Morgan fingerprint density at radius 1 is 1.11 bits per heavy atom. The molecule has 2 aliphatic rings. The number of benzene rings is 1. The summed E-state index contributed by atoms with van der Waals surface area (Å²) in [6.45, 7) is 5.76. The topological polar surface area (TPSA) is 33.7 Å². The highest BCUT2D eigenvalue weighted by atomic mass is 79.9. The van der Waals surface area contributed by atoms with Gasteiger partial charge in [0.15, 0.2) is 6.29 Å². The summed E-state index contributed by atoms with van der Waals surface area (Å²) in [5.74, 6) is 0. The second kappa shape index (κ2) is 6.33. The van der Waals surface area contributed by atoms with E-state index >= 15 is 0 Å². The average Bonchev–Trinajstić information content (AvgIpc) is 2.49. The first-order chi connectivity index (χ1) is 9.34. The molecule has 1 aromatic rings. The summed E-state index contributed by atoms with van der Waals surface area (Å²) in [4.78, 5) is 2.45. The van der Waals surface area contributed by atoms with Crippen molar-refractivity contribution in [2.24, 2.45) is 0 Å². The van der Waals surface area contributed by atoms with Crippen molar-refractivity contribution in [3.63, 3.8) is 0 Å². The molecule has 5 heteroatoms. The van der Waals surface area contributed by atoms with Crippen LogP contribution in [0.1, 0.15) is 11.9 Å². The van der Waals surface area contributed by atoms with Crippen LogP contribution in [0.3, 0.4) is 0 Å². The van der Waals surface area contributed by atoms with E-state index in [2.05, 4.69) is 26.1 Å². The normalized spacial score (nSPS) is 29.3. The molecule has 0 unspecified atom stereocenters. The summed E-state index contributed by atoms with van der Waals surface area (Å²) < 4.78 is 12.8. The van der Waals surface area contributed by atoms with Gasteiger partial charge in [0.25, 0.3) is 0 Å². The first-order valence-electron chi connectivity index (χ1n) is 6.77. The van der Waals surface area contributed by atoms with Crippen molar-refractivity contribution in [1.29, 1.82) is 0 Å². The summed E-state index contributed by atoms with van der Waals surface area (Å²) in [5.41, 5.74) is 1.07. The number of hydrogen-bond donors (Lipinski definition) is 1. The third kappa shape index (κ3) is 3.17. The molecule has 2 saturated heterocycles. The Balaban J connectivity index is 1.58. The molecule has 1 aromatic carbocycles. The minimum Gasteiger partial charge on any atom is -0.347 e. The van der Waals surface area contributed by atoms with Gasteiger partial charge in [-0.15, -0.1) is 0 Å². The number of halogens is 1. The molecule has 1 N–H and O–H groups in total. The summed E-state index contributed by atoms with van der Waals surface area (Å²) in [6.07, 6.45) is -0.241. The van der Waals surface area contributed by atoms with E-state index in [1.165, 1.54) is 0 Å². The highest BCUT2D eigenvalue weighted by Crippen LogP contribution is 2.29. The van der Waals surface area contributed by atoms with Crippen molar-refractivity contribution >= 4 is 15.9 Å². The number of nitrogens with one attached hydrogen (secondary N) is 1. The largest absolute Gasteiger partial charge is 0.347 e. The summed E-state index contributed by atoms with van der Waals surface area (Å²) in [7, 11) is 0. The molecular weight excluding hydrogens is 308 g/mol. The monoisotopic (exact) mass is 326 g/mol. The number of nitrogens with zero attached hydrogens (tertiary/aromatic N) is 1. The maximum Gasteiger partial charge on any atom is 0.185 e. The molecule has 0 radical (unpaired) electrons. The minimum absolute atomic E-state index is 0.241. The van der Waals surface area contributed by atoms with Gasteiger partial charge in [-0.05, 0) is 6.07 Å². The first-order valence-corrected chi connectivity index (χ1v) is 7.56. The molecule has 4 nitrogen and oxygen atoms in total. The second-order valence-electron chi connectivity index (χ2n) is 4.96. The van der Waals surface area contributed by atoms with Crippen LogP contribution in [0.4, 0.5) is 0 Å². The standard InChI is InChI=1S/C14H19BrN2O2/c15-13-4-2-1-3-12(13)14-18-9-11(10-19-14)17-7-5-16-6-8-17/h1-4,11,14,16H,5-10H2. The van der Waals surface area contributed by atoms with E-state index in [4.69, 9.17) is 9.47 Å². The highest BCUT2D eigenvalue weighted by Gasteiger charge is 2.29. The van der Waals surface area contributed by atoms with Gasteiger partial charge in [-0.25, -0.2) is 0 Å². The van der Waals surface area contributed by atoms with Crippen LogP contribution < -0.4 is 5.32 Å². The van der Waals surface area contributed by atoms with Gasteiger partial charge in [-0.3, -0.25) is 4.90 Å².